The van der Waals surface area contributed by atoms with Crippen molar-refractivity contribution in [2.45, 2.75) is 25.4 Å². The summed E-state index contributed by atoms with van der Waals surface area (Å²) in [5.74, 6) is 0.175. The third-order valence-corrected chi connectivity index (χ3v) is 4.76. The van der Waals surface area contributed by atoms with E-state index in [0.29, 0.717) is 31.0 Å². The topological polar surface area (TPSA) is 53.4 Å². The molecule has 1 amide bonds. The molecule has 1 aliphatic rings. The summed E-state index contributed by atoms with van der Waals surface area (Å²) in [5, 5.41) is 11.0. The van der Waals surface area contributed by atoms with Crippen LogP contribution in [0.15, 0.2) is 48.8 Å². The summed E-state index contributed by atoms with van der Waals surface area (Å²) in [6, 6.07) is 11.5. The lowest BCUT2D eigenvalue weighted by Gasteiger charge is -2.16. The van der Waals surface area contributed by atoms with Gasteiger partial charge in [0, 0.05) is 42.8 Å². The number of halogens is 1. The van der Waals surface area contributed by atoms with Crippen LogP contribution in [0, 0.1) is 5.92 Å². The summed E-state index contributed by atoms with van der Waals surface area (Å²) >= 11 is 5.97. The molecule has 4 nitrogen and oxygen atoms in total. The van der Waals surface area contributed by atoms with Gasteiger partial charge in [-0.05, 0) is 48.2 Å². The second-order valence-electron chi connectivity index (χ2n) is 6.32. The first-order valence-corrected chi connectivity index (χ1v) is 8.59. The van der Waals surface area contributed by atoms with E-state index in [4.69, 9.17) is 11.6 Å². The van der Waals surface area contributed by atoms with Gasteiger partial charge in [-0.1, -0.05) is 23.7 Å². The maximum atomic E-state index is 12.4. The van der Waals surface area contributed by atoms with Crippen LogP contribution in [-0.2, 0) is 17.6 Å². The Morgan fingerprint density at radius 1 is 1.21 bits per heavy atom. The predicted octanol–water partition coefficient (Wildman–Crippen LogP) is 2.73. The zero-order valence-electron chi connectivity index (χ0n) is 13.4. The molecule has 0 aliphatic carbocycles. The van der Waals surface area contributed by atoms with Gasteiger partial charge in [-0.2, -0.15) is 0 Å². The Labute approximate surface area is 147 Å². The minimum absolute atomic E-state index is 0.0857. The first-order valence-electron chi connectivity index (χ1n) is 8.21. The van der Waals surface area contributed by atoms with Crippen molar-refractivity contribution >= 4 is 17.5 Å². The van der Waals surface area contributed by atoms with Crippen LogP contribution in [0.2, 0.25) is 5.02 Å². The van der Waals surface area contributed by atoms with Crippen molar-refractivity contribution in [1.82, 2.24) is 9.88 Å². The van der Waals surface area contributed by atoms with Crippen LogP contribution in [0.3, 0.4) is 0 Å². The fraction of sp³-hybridized carbons (Fsp3) is 0.368. The smallest absolute Gasteiger partial charge is 0.223 e. The molecule has 3 rings (SSSR count). The van der Waals surface area contributed by atoms with E-state index >= 15 is 0 Å². The van der Waals surface area contributed by atoms with Gasteiger partial charge in [-0.25, -0.2) is 0 Å². The molecule has 2 heterocycles. The van der Waals surface area contributed by atoms with Gasteiger partial charge in [0.1, 0.15) is 0 Å². The quantitative estimate of drug-likeness (QED) is 0.907. The van der Waals surface area contributed by atoms with Crippen molar-refractivity contribution < 1.29 is 9.90 Å². The second kappa shape index (κ2) is 7.77. The molecule has 24 heavy (non-hydrogen) atoms. The zero-order valence-corrected chi connectivity index (χ0v) is 14.2. The van der Waals surface area contributed by atoms with Crippen molar-refractivity contribution in [1.29, 1.82) is 0 Å². The van der Waals surface area contributed by atoms with Crippen molar-refractivity contribution in [3.63, 3.8) is 0 Å². The molecule has 2 atom stereocenters. The van der Waals surface area contributed by atoms with E-state index in [-0.39, 0.29) is 11.8 Å². The van der Waals surface area contributed by atoms with Crippen molar-refractivity contribution in [2.75, 3.05) is 13.1 Å². The lowest BCUT2D eigenvalue weighted by molar-refractivity contribution is -0.130. The Hall–Kier alpha value is -1.91. The maximum Gasteiger partial charge on any atom is 0.223 e. The molecule has 0 saturated carbocycles. The van der Waals surface area contributed by atoms with Gasteiger partial charge in [0.2, 0.25) is 5.91 Å². The molecule has 1 fully saturated rings. The van der Waals surface area contributed by atoms with Gasteiger partial charge in [-0.15, -0.1) is 0 Å². The van der Waals surface area contributed by atoms with Gasteiger partial charge >= 0.3 is 0 Å². The molecular weight excluding hydrogens is 324 g/mol. The number of β-amino-alcohol motifs (C(OH)–C–C–N with tert-alkyl or cyclic N) is 1. The molecule has 0 bridgehead atoms. The number of likely N-dealkylation sites (tertiary alicyclic amines) is 1. The molecule has 1 aromatic heterocycles. The molecule has 5 heteroatoms. The molecule has 126 valence electrons. The zero-order chi connectivity index (χ0) is 16.9. The SMILES string of the molecule is O=C(CCc1cccc(Cl)c1)N1C[C@@H](Cc2ccncc2)[C@@H](O)C1. The summed E-state index contributed by atoms with van der Waals surface area (Å²) in [5.41, 5.74) is 2.20. The number of aromatic nitrogens is 1. The highest BCUT2D eigenvalue weighted by molar-refractivity contribution is 6.30. The van der Waals surface area contributed by atoms with E-state index in [0.717, 1.165) is 17.5 Å². The highest BCUT2D eigenvalue weighted by Gasteiger charge is 2.33. The number of benzene rings is 1. The average Bonchev–Trinajstić information content (AvgIpc) is 2.95. The normalized spacial score (nSPS) is 20.3. The summed E-state index contributed by atoms with van der Waals surface area (Å²) in [4.78, 5) is 18.2. The van der Waals surface area contributed by atoms with Crippen molar-refractivity contribution in [2.24, 2.45) is 5.92 Å². The maximum absolute atomic E-state index is 12.4. The minimum atomic E-state index is -0.465. The third kappa shape index (κ3) is 4.34. The standard InChI is InChI=1S/C19H21ClN2O2/c20-17-3-1-2-14(11-17)4-5-19(24)22-12-16(18(23)13-22)10-15-6-8-21-9-7-15/h1-3,6-9,11,16,18,23H,4-5,10,12-13H2/t16-,18+/m1/s1. The van der Waals surface area contributed by atoms with E-state index in [1.807, 2.05) is 36.4 Å². The lowest BCUT2D eigenvalue weighted by Crippen LogP contribution is -2.29. The molecule has 1 aromatic carbocycles. The fourth-order valence-electron chi connectivity index (χ4n) is 3.18. The number of rotatable bonds is 5. The monoisotopic (exact) mass is 344 g/mol. The number of carbonyl (C=O) groups is 1. The highest BCUT2D eigenvalue weighted by Crippen LogP contribution is 2.22. The number of amides is 1. The van der Waals surface area contributed by atoms with Gasteiger partial charge in [0.05, 0.1) is 6.10 Å². The Kier molecular flexibility index (Phi) is 5.48. The second-order valence-corrected chi connectivity index (χ2v) is 6.75. The third-order valence-electron chi connectivity index (χ3n) is 4.52. The minimum Gasteiger partial charge on any atom is -0.391 e. The summed E-state index contributed by atoms with van der Waals surface area (Å²) in [6.07, 6.45) is 4.92. The number of aryl methyl sites for hydroxylation is 1. The number of pyridine rings is 1. The number of carbonyl (C=O) groups excluding carboxylic acids is 1. The fourth-order valence-corrected chi connectivity index (χ4v) is 3.39. The van der Waals surface area contributed by atoms with Crippen LogP contribution in [0.5, 0.6) is 0 Å². The number of hydrogen-bond donors (Lipinski definition) is 1. The van der Waals surface area contributed by atoms with E-state index < -0.39 is 6.10 Å². The van der Waals surface area contributed by atoms with Gasteiger partial charge in [0.25, 0.3) is 0 Å². The average molecular weight is 345 g/mol. The molecule has 0 unspecified atom stereocenters. The van der Waals surface area contributed by atoms with Gasteiger partial charge in [-0.3, -0.25) is 9.78 Å². The van der Waals surface area contributed by atoms with Crippen LogP contribution in [-0.4, -0.2) is 40.1 Å². The predicted molar refractivity (Wildman–Crippen MR) is 93.8 cm³/mol. The molecular formula is C19H21ClN2O2. The molecule has 1 saturated heterocycles. The van der Waals surface area contributed by atoms with Crippen LogP contribution in [0.4, 0.5) is 0 Å². The van der Waals surface area contributed by atoms with Crippen LogP contribution >= 0.6 is 11.6 Å². The van der Waals surface area contributed by atoms with Crippen LogP contribution in [0.25, 0.3) is 0 Å². The molecule has 1 N–H and O–H groups in total. The Morgan fingerprint density at radius 2 is 2.00 bits per heavy atom. The van der Waals surface area contributed by atoms with Crippen molar-refractivity contribution in [3.05, 3.63) is 64.9 Å². The molecule has 0 radical (unpaired) electrons. The van der Waals surface area contributed by atoms with Crippen LogP contribution < -0.4 is 0 Å². The highest BCUT2D eigenvalue weighted by atomic mass is 35.5. The first kappa shape index (κ1) is 16.9. The van der Waals surface area contributed by atoms with Crippen molar-refractivity contribution in [3.8, 4) is 0 Å². The van der Waals surface area contributed by atoms with Crippen LogP contribution in [0.1, 0.15) is 17.5 Å². The number of aliphatic hydroxyl groups excluding tert-OH is 1. The largest absolute Gasteiger partial charge is 0.391 e. The number of hydrogen-bond acceptors (Lipinski definition) is 3. The lowest BCUT2D eigenvalue weighted by atomic mass is 9.97. The number of nitrogens with zero attached hydrogens (tertiary/aromatic N) is 2. The molecule has 1 aliphatic heterocycles. The summed E-state index contributed by atoms with van der Waals surface area (Å²) in [6.45, 7) is 1.03. The number of aliphatic hydroxyl groups is 1. The van der Waals surface area contributed by atoms with E-state index in [9.17, 15) is 9.90 Å². The molecule has 2 aromatic rings. The Balaban J connectivity index is 1.53. The van der Waals surface area contributed by atoms with E-state index in [2.05, 4.69) is 4.98 Å². The Morgan fingerprint density at radius 3 is 2.75 bits per heavy atom. The van der Waals surface area contributed by atoms with E-state index in [1.54, 1.807) is 17.3 Å². The van der Waals surface area contributed by atoms with Gasteiger partial charge < -0.3 is 10.0 Å². The Bertz CT molecular complexity index is 693. The summed E-state index contributed by atoms with van der Waals surface area (Å²) < 4.78 is 0. The van der Waals surface area contributed by atoms with E-state index in [1.165, 1.54) is 0 Å². The summed E-state index contributed by atoms with van der Waals surface area (Å²) in [7, 11) is 0. The molecule has 0 spiro atoms. The first-order chi connectivity index (χ1) is 11.6. The van der Waals surface area contributed by atoms with Gasteiger partial charge in [0.15, 0.2) is 0 Å².